The van der Waals surface area contributed by atoms with Gasteiger partial charge in [0.05, 0.1) is 20.6 Å². The molecular weight excluding hydrogens is 362 g/mol. The van der Waals surface area contributed by atoms with E-state index in [-0.39, 0.29) is 5.97 Å². The topological polar surface area (TPSA) is 66.2 Å². The number of thioether (sulfide) groups is 1. The van der Waals surface area contributed by atoms with E-state index in [1.54, 1.807) is 18.9 Å². The van der Waals surface area contributed by atoms with Crippen molar-refractivity contribution in [3.05, 3.63) is 24.3 Å². The summed E-state index contributed by atoms with van der Waals surface area (Å²) >= 11 is 1.57. The van der Waals surface area contributed by atoms with Crippen LogP contribution >= 0.6 is 11.8 Å². The Morgan fingerprint density at radius 3 is 2.59 bits per heavy atom. The van der Waals surface area contributed by atoms with Gasteiger partial charge in [-0.05, 0) is 43.0 Å². The van der Waals surface area contributed by atoms with Gasteiger partial charge in [-0.1, -0.05) is 31.5 Å². The first-order valence-corrected chi connectivity index (χ1v) is 10.4. The quantitative estimate of drug-likeness (QED) is 0.518. The molecule has 0 amide bonds. The standard InChI is InChI=1S/C20H27N3O3S/c1-14-6-4-5-7-17(14)23-19(15-8-10-16(25-2)11-9-15)21-22-20(23)27-13-12-18(24)26-3/h8-11,14,17H,4-7,12-13H2,1-3H3/t14-,17+/m1/s1. The van der Waals surface area contributed by atoms with Gasteiger partial charge < -0.3 is 9.47 Å². The molecule has 2 atom stereocenters. The van der Waals surface area contributed by atoms with E-state index >= 15 is 0 Å². The lowest BCUT2D eigenvalue weighted by Crippen LogP contribution is -2.22. The van der Waals surface area contributed by atoms with E-state index in [1.807, 2.05) is 24.3 Å². The molecule has 6 nitrogen and oxygen atoms in total. The molecule has 1 aromatic carbocycles. The summed E-state index contributed by atoms with van der Waals surface area (Å²) in [7, 11) is 3.08. The molecule has 1 fully saturated rings. The molecule has 1 aliphatic carbocycles. The SMILES string of the molecule is COC(=O)CCSc1nnc(-c2ccc(OC)cc2)n1[C@H]1CCCC[C@H]1C. The molecule has 0 aliphatic heterocycles. The summed E-state index contributed by atoms with van der Waals surface area (Å²) in [4.78, 5) is 11.4. The number of hydrogen-bond acceptors (Lipinski definition) is 6. The summed E-state index contributed by atoms with van der Waals surface area (Å²) in [6.07, 6.45) is 5.22. The normalized spacial score (nSPS) is 19.7. The molecule has 7 heteroatoms. The Balaban J connectivity index is 1.90. The van der Waals surface area contributed by atoms with Crippen molar-refractivity contribution in [1.82, 2.24) is 14.8 Å². The van der Waals surface area contributed by atoms with Crippen LogP contribution in [0.4, 0.5) is 0 Å². The fourth-order valence-corrected chi connectivity index (χ4v) is 4.53. The second kappa shape index (κ2) is 9.26. The van der Waals surface area contributed by atoms with Gasteiger partial charge in [-0.25, -0.2) is 0 Å². The number of ether oxygens (including phenoxy) is 2. The first-order chi connectivity index (χ1) is 13.1. The second-order valence-corrected chi connectivity index (χ2v) is 7.97. The minimum atomic E-state index is -0.199. The zero-order valence-corrected chi connectivity index (χ0v) is 17.0. The highest BCUT2D eigenvalue weighted by Gasteiger charge is 2.28. The number of carbonyl (C=O) groups is 1. The van der Waals surface area contributed by atoms with E-state index in [4.69, 9.17) is 9.47 Å². The lowest BCUT2D eigenvalue weighted by atomic mass is 9.85. The van der Waals surface area contributed by atoms with Gasteiger partial charge in [0, 0.05) is 17.4 Å². The van der Waals surface area contributed by atoms with Gasteiger partial charge in [-0.2, -0.15) is 0 Å². The number of esters is 1. The maximum atomic E-state index is 11.4. The summed E-state index contributed by atoms with van der Waals surface area (Å²) in [5, 5.41) is 9.84. The third kappa shape index (κ3) is 4.64. The Labute approximate surface area is 164 Å². The Hall–Kier alpha value is -2.02. The van der Waals surface area contributed by atoms with Crippen LogP contribution in [0.15, 0.2) is 29.4 Å². The van der Waals surface area contributed by atoms with Crippen LogP contribution in [0.2, 0.25) is 0 Å². The summed E-state index contributed by atoms with van der Waals surface area (Å²) in [5.74, 6) is 2.72. The predicted octanol–water partition coefficient (Wildman–Crippen LogP) is 4.36. The Kier molecular flexibility index (Phi) is 6.77. The number of carbonyl (C=O) groups excluding carboxylic acids is 1. The number of aromatic nitrogens is 3. The maximum absolute atomic E-state index is 11.4. The van der Waals surface area contributed by atoms with E-state index in [0.717, 1.165) is 28.7 Å². The summed E-state index contributed by atoms with van der Waals surface area (Å²) < 4.78 is 12.3. The van der Waals surface area contributed by atoms with E-state index in [1.165, 1.54) is 26.4 Å². The molecule has 3 rings (SSSR count). The average molecular weight is 390 g/mol. The van der Waals surface area contributed by atoms with Gasteiger partial charge in [0.1, 0.15) is 5.75 Å². The monoisotopic (exact) mass is 389 g/mol. The van der Waals surface area contributed by atoms with Gasteiger partial charge in [-0.15, -0.1) is 10.2 Å². The van der Waals surface area contributed by atoms with Crippen LogP contribution in [0.5, 0.6) is 5.75 Å². The van der Waals surface area contributed by atoms with Gasteiger partial charge in [0.15, 0.2) is 11.0 Å². The van der Waals surface area contributed by atoms with Gasteiger partial charge in [0.2, 0.25) is 0 Å². The van der Waals surface area contributed by atoms with Crippen LogP contribution in [-0.4, -0.2) is 40.7 Å². The fraction of sp³-hybridized carbons (Fsp3) is 0.550. The smallest absolute Gasteiger partial charge is 0.306 e. The number of rotatable bonds is 7. The lowest BCUT2D eigenvalue weighted by molar-refractivity contribution is -0.140. The zero-order valence-electron chi connectivity index (χ0n) is 16.2. The van der Waals surface area contributed by atoms with E-state index in [2.05, 4.69) is 21.7 Å². The predicted molar refractivity (Wildman–Crippen MR) is 106 cm³/mol. The van der Waals surface area contributed by atoms with Gasteiger partial charge in [0.25, 0.3) is 0 Å². The summed E-state index contributed by atoms with van der Waals surface area (Å²) in [6, 6.07) is 8.32. The molecule has 27 heavy (non-hydrogen) atoms. The Morgan fingerprint density at radius 1 is 1.19 bits per heavy atom. The molecule has 0 radical (unpaired) electrons. The molecule has 0 unspecified atom stereocenters. The molecule has 1 aliphatic rings. The molecule has 0 N–H and O–H groups in total. The van der Waals surface area contributed by atoms with Crippen LogP contribution in [0.3, 0.4) is 0 Å². The van der Waals surface area contributed by atoms with Crippen molar-refractivity contribution in [3.63, 3.8) is 0 Å². The molecule has 0 bridgehead atoms. The molecule has 2 aromatic rings. The lowest BCUT2D eigenvalue weighted by Gasteiger charge is -2.31. The fourth-order valence-electron chi connectivity index (χ4n) is 3.62. The first kappa shape index (κ1) is 19.7. The van der Waals surface area contributed by atoms with Crippen molar-refractivity contribution in [2.45, 2.75) is 50.2 Å². The van der Waals surface area contributed by atoms with Crippen LogP contribution in [-0.2, 0) is 9.53 Å². The van der Waals surface area contributed by atoms with Crippen LogP contribution in [0, 0.1) is 5.92 Å². The zero-order chi connectivity index (χ0) is 19.2. The van der Waals surface area contributed by atoms with Crippen molar-refractivity contribution >= 4 is 17.7 Å². The second-order valence-electron chi connectivity index (χ2n) is 6.91. The minimum Gasteiger partial charge on any atom is -0.497 e. The van der Waals surface area contributed by atoms with Crippen molar-refractivity contribution in [2.24, 2.45) is 5.92 Å². The van der Waals surface area contributed by atoms with E-state index in [0.29, 0.717) is 24.1 Å². The Morgan fingerprint density at radius 2 is 1.93 bits per heavy atom. The molecule has 1 saturated carbocycles. The maximum Gasteiger partial charge on any atom is 0.306 e. The molecule has 0 spiro atoms. The number of benzene rings is 1. The van der Waals surface area contributed by atoms with Crippen molar-refractivity contribution in [3.8, 4) is 17.1 Å². The van der Waals surface area contributed by atoms with Crippen LogP contribution < -0.4 is 4.74 Å². The molecule has 146 valence electrons. The highest BCUT2D eigenvalue weighted by Crippen LogP contribution is 2.39. The average Bonchev–Trinajstić information content (AvgIpc) is 3.12. The summed E-state index contributed by atoms with van der Waals surface area (Å²) in [5.41, 5.74) is 1.03. The number of methoxy groups -OCH3 is 2. The highest BCUT2D eigenvalue weighted by atomic mass is 32.2. The van der Waals surface area contributed by atoms with Crippen molar-refractivity contribution in [1.29, 1.82) is 0 Å². The minimum absolute atomic E-state index is 0.199. The Bertz CT molecular complexity index is 760. The van der Waals surface area contributed by atoms with Gasteiger partial charge in [-0.3, -0.25) is 9.36 Å². The third-order valence-electron chi connectivity index (χ3n) is 5.18. The molecule has 0 saturated heterocycles. The van der Waals surface area contributed by atoms with Gasteiger partial charge >= 0.3 is 5.97 Å². The van der Waals surface area contributed by atoms with Crippen LogP contribution in [0.1, 0.15) is 45.1 Å². The largest absolute Gasteiger partial charge is 0.497 e. The molecular formula is C20H27N3O3S. The molecule has 1 heterocycles. The van der Waals surface area contributed by atoms with E-state index < -0.39 is 0 Å². The molecule has 1 aromatic heterocycles. The number of hydrogen-bond donors (Lipinski definition) is 0. The van der Waals surface area contributed by atoms with E-state index in [9.17, 15) is 4.79 Å². The highest BCUT2D eigenvalue weighted by molar-refractivity contribution is 7.99. The first-order valence-electron chi connectivity index (χ1n) is 9.43. The third-order valence-corrected chi connectivity index (χ3v) is 6.12. The van der Waals surface area contributed by atoms with Crippen molar-refractivity contribution < 1.29 is 14.3 Å². The van der Waals surface area contributed by atoms with Crippen LogP contribution in [0.25, 0.3) is 11.4 Å². The summed E-state index contributed by atoms with van der Waals surface area (Å²) in [6.45, 7) is 2.31. The van der Waals surface area contributed by atoms with Crippen molar-refractivity contribution in [2.75, 3.05) is 20.0 Å². The number of nitrogens with zero attached hydrogens (tertiary/aromatic N) is 3.